The first-order chi connectivity index (χ1) is 5.56. The van der Waals surface area contributed by atoms with Crippen LogP contribution in [0.5, 0.6) is 0 Å². The molecule has 1 aromatic rings. The molecular formula is C7H9ClKNO2S. The summed E-state index contributed by atoms with van der Waals surface area (Å²) in [5.41, 5.74) is 0. The van der Waals surface area contributed by atoms with Crippen LogP contribution in [-0.4, -0.2) is 15.5 Å². The van der Waals surface area contributed by atoms with Gasteiger partial charge in [-0.2, -0.15) is 0 Å². The molecule has 0 aromatic heterocycles. The van der Waals surface area contributed by atoms with Gasteiger partial charge in [-0.05, 0) is 31.3 Å². The van der Waals surface area contributed by atoms with Crippen LogP contribution < -0.4 is 56.1 Å². The van der Waals surface area contributed by atoms with Crippen LogP contribution in [0.4, 0.5) is 0 Å². The maximum absolute atomic E-state index is 11.2. The van der Waals surface area contributed by atoms with E-state index in [1.807, 2.05) is 0 Å². The first-order valence-corrected chi connectivity index (χ1v) is 5.11. The second-order valence-electron chi connectivity index (χ2n) is 2.16. The smallest absolute Gasteiger partial charge is 1.00 e. The monoisotopic (exact) mass is 245 g/mol. The molecule has 68 valence electrons. The Kier molecular flexibility index (Phi) is 6.29. The number of benzene rings is 1. The first kappa shape index (κ1) is 14.1. The topological polar surface area (TPSA) is 46.2 Å². The van der Waals surface area contributed by atoms with Crippen molar-refractivity contribution in [1.82, 2.24) is 4.72 Å². The average Bonchev–Trinajstić information content (AvgIpc) is 2.05. The Morgan fingerprint density at radius 2 is 1.77 bits per heavy atom. The predicted molar refractivity (Wildman–Crippen MR) is 48.8 cm³/mol. The molecule has 0 saturated heterocycles. The van der Waals surface area contributed by atoms with Crippen LogP contribution in [-0.2, 0) is 10.0 Å². The molecule has 0 unspecified atom stereocenters. The zero-order chi connectivity index (χ0) is 9.19. The zero-order valence-electron chi connectivity index (χ0n) is 8.41. The molecule has 0 spiro atoms. The van der Waals surface area contributed by atoms with Crippen LogP contribution in [0.25, 0.3) is 0 Å². The molecule has 0 fully saturated rings. The minimum Gasteiger partial charge on any atom is -1.00 e. The SMILES string of the molecule is CNS(=O)(=O)c1ccc(Cl)cc1.[H-].[K+]. The van der Waals surface area contributed by atoms with Crippen LogP contribution in [0, 0.1) is 0 Å². The quantitative estimate of drug-likeness (QED) is 0.636. The van der Waals surface area contributed by atoms with Gasteiger partial charge in [-0.1, -0.05) is 11.6 Å². The first-order valence-electron chi connectivity index (χ1n) is 3.25. The largest absolute Gasteiger partial charge is 1.00 e. The third-order valence-electron chi connectivity index (χ3n) is 1.39. The molecule has 13 heavy (non-hydrogen) atoms. The fourth-order valence-corrected chi connectivity index (χ4v) is 1.59. The fourth-order valence-electron chi connectivity index (χ4n) is 0.732. The number of hydrogen-bond acceptors (Lipinski definition) is 2. The van der Waals surface area contributed by atoms with Crippen molar-refractivity contribution in [2.45, 2.75) is 4.90 Å². The van der Waals surface area contributed by atoms with Crippen molar-refractivity contribution in [2.24, 2.45) is 0 Å². The molecular weight excluding hydrogens is 237 g/mol. The van der Waals surface area contributed by atoms with Gasteiger partial charge in [0.15, 0.2) is 0 Å². The van der Waals surface area contributed by atoms with E-state index in [-0.39, 0.29) is 57.7 Å². The van der Waals surface area contributed by atoms with Crippen LogP contribution in [0.15, 0.2) is 29.2 Å². The van der Waals surface area contributed by atoms with E-state index in [1.165, 1.54) is 31.3 Å². The van der Waals surface area contributed by atoms with Crippen LogP contribution >= 0.6 is 11.6 Å². The Bertz CT molecular complexity index is 368. The Balaban J connectivity index is 0. The predicted octanol–water partition coefficient (Wildman–Crippen LogP) is -1.64. The molecule has 1 aromatic carbocycles. The maximum atomic E-state index is 11.2. The van der Waals surface area contributed by atoms with Gasteiger partial charge < -0.3 is 1.43 Å². The number of rotatable bonds is 2. The summed E-state index contributed by atoms with van der Waals surface area (Å²) in [6, 6.07) is 5.97. The van der Waals surface area contributed by atoms with E-state index in [0.29, 0.717) is 5.02 Å². The van der Waals surface area contributed by atoms with Gasteiger partial charge >= 0.3 is 51.4 Å². The third-order valence-corrected chi connectivity index (χ3v) is 3.07. The Morgan fingerprint density at radius 1 is 1.31 bits per heavy atom. The summed E-state index contributed by atoms with van der Waals surface area (Å²) >= 11 is 5.59. The number of nitrogens with one attached hydrogen (secondary N) is 1. The summed E-state index contributed by atoms with van der Waals surface area (Å²) in [5.74, 6) is 0. The number of halogens is 1. The van der Waals surface area contributed by atoms with Gasteiger partial charge in [0.05, 0.1) is 4.90 Å². The van der Waals surface area contributed by atoms with E-state index in [1.54, 1.807) is 0 Å². The molecule has 0 heterocycles. The van der Waals surface area contributed by atoms with Crippen LogP contribution in [0.2, 0.25) is 5.02 Å². The normalized spacial score (nSPS) is 10.6. The minimum absolute atomic E-state index is 0. The summed E-state index contributed by atoms with van der Waals surface area (Å²) < 4.78 is 24.5. The molecule has 6 heteroatoms. The van der Waals surface area contributed by atoms with Gasteiger partial charge in [-0.15, -0.1) is 0 Å². The summed E-state index contributed by atoms with van der Waals surface area (Å²) in [6.45, 7) is 0. The fraction of sp³-hybridized carbons (Fsp3) is 0.143. The molecule has 1 rings (SSSR count). The van der Waals surface area contributed by atoms with Crippen molar-refractivity contribution in [3.8, 4) is 0 Å². The molecule has 0 aliphatic carbocycles. The van der Waals surface area contributed by atoms with Gasteiger partial charge in [0.2, 0.25) is 10.0 Å². The molecule has 3 nitrogen and oxygen atoms in total. The van der Waals surface area contributed by atoms with E-state index < -0.39 is 10.0 Å². The van der Waals surface area contributed by atoms with Crippen molar-refractivity contribution in [3.63, 3.8) is 0 Å². The Morgan fingerprint density at radius 3 is 2.15 bits per heavy atom. The molecule has 1 N–H and O–H groups in total. The summed E-state index contributed by atoms with van der Waals surface area (Å²) in [4.78, 5) is 0.217. The average molecular weight is 246 g/mol. The summed E-state index contributed by atoms with van der Waals surface area (Å²) in [6.07, 6.45) is 0. The van der Waals surface area contributed by atoms with Crippen molar-refractivity contribution >= 4 is 21.6 Å². The number of hydrogen-bond donors (Lipinski definition) is 1. The minimum atomic E-state index is -3.32. The van der Waals surface area contributed by atoms with Crippen LogP contribution in [0.1, 0.15) is 1.43 Å². The van der Waals surface area contributed by atoms with Gasteiger partial charge in [-0.3, -0.25) is 0 Å². The third kappa shape index (κ3) is 3.97. The van der Waals surface area contributed by atoms with Crippen molar-refractivity contribution in [1.29, 1.82) is 0 Å². The van der Waals surface area contributed by atoms with Crippen molar-refractivity contribution < 1.29 is 61.2 Å². The second kappa shape index (κ2) is 5.82. The van der Waals surface area contributed by atoms with Gasteiger partial charge in [0, 0.05) is 5.02 Å². The molecule has 0 bridgehead atoms. The standard InChI is InChI=1S/C7H8ClNO2S.K.H/c1-9-12(10,11)7-4-2-6(8)3-5-7;;/h2-5,9H,1H3;;/q;+1;-1. The molecule has 0 radical (unpaired) electrons. The Hall–Kier alpha value is 1.06. The van der Waals surface area contributed by atoms with E-state index >= 15 is 0 Å². The van der Waals surface area contributed by atoms with E-state index in [4.69, 9.17) is 11.6 Å². The number of sulfonamides is 1. The Labute approximate surface area is 127 Å². The molecule has 0 atom stereocenters. The van der Waals surface area contributed by atoms with Crippen molar-refractivity contribution in [2.75, 3.05) is 7.05 Å². The van der Waals surface area contributed by atoms with Gasteiger partial charge in [0.25, 0.3) is 0 Å². The molecule has 0 aliphatic heterocycles. The van der Waals surface area contributed by atoms with E-state index in [2.05, 4.69) is 4.72 Å². The van der Waals surface area contributed by atoms with Crippen LogP contribution in [0.3, 0.4) is 0 Å². The maximum Gasteiger partial charge on any atom is 1.00 e. The second-order valence-corrected chi connectivity index (χ2v) is 4.48. The summed E-state index contributed by atoms with van der Waals surface area (Å²) in [7, 11) is -1.96. The van der Waals surface area contributed by atoms with Gasteiger partial charge in [-0.25, -0.2) is 13.1 Å². The molecule has 0 amide bonds. The van der Waals surface area contributed by atoms with Crippen molar-refractivity contribution in [3.05, 3.63) is 29.3 Å². The van der Waals surface area contributed by atoms with Gasteiger partial charge in [0.1, 0.15) is 0 Å². The summed E-state index contributed by atoms with van der Waals surface area (Å²) in [5, 5.41) is 0.519. The molecule has 0 saturated carbocycles. The molecule has 0 aliphatic rings. The van der Waals surface area contributed by atoms with E-state index in [0.717, 1.165) is 0 Å². The van der Waals surface area contributed by atoms with E-state index in [9.17, 15) is 8.42 Å². The zero-order valence-corrected chi connectivity index (χ0v) is 12.1.